The number of carbonyl (C=O) groups excluding carboxylic acids is 1. The van der Waals surface area contributed by atoms with E-state index in [2.05, 4.69) is 39.4 Å². The Morgan fingerprint density at radius 3 is 2.33 bits per heavy atom. The highest BCUT2D eigenvalue weighted by atomic mass is 35.5. The summed E-state index contributed by atoms with van der Waals surface area (Å²) in [6.07, 6.45) is 0. The fourth-order valence-electron chi connectivity index (χ4n) is 3.23. The Bertz CT molecular complexity index is 741. The quantitative estimate of drug-likeness (QED) is 0.826. The Morgan fingerprint density at radius 1 is 1.11 bits per heavy atom. The minimum Gasteiger partial charge on any atom is -0.379 e. The van der Waals surface area contributed by atoms with Gasteiger partial charge in [-0.2, -0.15) is 0 Å². The summed E-state index contributed by atoms with van der Waals surface area (Å²) in [7, 11) is 4.06. The maximum Gasteiger partial charge on any atom is 0.251 e. The van der Waals surface area contributed by atoms with Gasteiger partial charge in [0.15, 0.2) is 0 Å². The average molecular weight is 388 g/mol. The Labute approximate surface area is 165 Å². The van der Waals surface area contributed by atoms with Crippen LogP contribution >= 0.6 is 11.6 Å². The van der Waals surface area contributed by atoms with Crippen molar-refractivity contribution in [3.05, 3.63) is 64.7 Å². The molecule has 1 saturated heterocycles. The molecule has 1 unspecified atom stereocenters. The van der Waals surface area contributed by atoms with Gasteiger partial charge in [-0.15, -0.1) is 0 Å². The van der Waals surface area contributed by atoms with Crippen molar-refractivity contribution in [2.45, 2.75) is 6.04 Å². The molecule has 6 heteroatoms. The minimum absolute atomic E-state index is 0.0881. The van der Waals surface area contributed by atoms with Crippen LogP contribution < -0.4 is 10.2 Å². The van der Waals surface area contributed by atoms with Crippen LogP contribution in [0.5, 0.6) is 0 Å². The van der Waals surface area contributed by atoms with Gasteiger partial charge in [-0.25, -0.2) is 0 Å². The molecule has 0 radical (unpaired) electrons. The zero-order valence-electron chi connectivity index (χ0n) is 15.8. The highest BCUT2D eigenvalue weighted by Gasteiger charge is 2.23. The van der Waals surface area contributed by atoms with Crippen molar-refractivity contribution in [3.63, 3.8) is 0 Å². The molecule has 5 nitrogen and oxygen atoms in total. The van der Waals surface area contributed by atoms with Gasteiger partial charge in [-0.05, 0) is 42.0 Å². The van der Waals surface area contributed by atoms with E-state index in [0.717, 1.165) is 32.0 Å². The number of nitrogens with zero attached hydrogens (tertiary/aromatic N) is 2. The van der Waals surface area contributed by atoms with Crippen LogP contribution in [0.25, 0.3) is 0 Å². The van der Waals surface area contributed by atoms with E-state index in [-0.39, 0.29) is 11.9 Å². The fourth-order valence-corrected chi connectivity index (χ4v) is 3.36. The number of hydrogen-bond acceptors (Lipinski definition) is 4. The second-order valence-electron chi connectivity index (χ2n) is 6.87. The maximum absolute atomic E-state index is 12.5. The summed E-state index contributed by atoms with van der Waals surface area (Å²) in [6, 6.07) is 15.6. The number of carbonyl (C=O) groups is 1. The molecule has 1 atom stereocenters. The van der Waals surface area contributed by atoms with Crippen molar-refractivity contribution in [1.29, 1.82) is 0 Å². The van der Waals surface area contributed by atoms with Gasteiger partial charge < -0.3 is 15.0 Å². The average Bonchev–Trinajstić information content (AvgIpc) is 2.69. The normalized spacial score (nSPS) is 16.0. The lowest BCUT2D eigenvalue weighted by Crippen LogP contribution is -2.43. The van der Waals surface area contributed by atoms with E-state index in [1.807, 2.05) is 14.1 Å². The van der Waals surface area contributed by atoms with E-state index in [0.29, 0.717) is 17.1 Å². The van der Waals surface area contributed by atoms with Gasteiger partial charge in [0.05, 0.1) is 19.3 Å². The van der Waals surface area contributed by atoms with Gasteiger partial charge in [0.25, 0.3) is 5.91 Å². The summed E-state index contributed by atoms with van der Waals surface area (Å²) in [5.41, 5.74) is 2.96. The van der Waals surface area contributed by atoms with E-state index in [1.54, 1.807) is 24.3 Å². The number of rotatable bonds is 6. The Kier molecular flexibility index (Phi) is 6.72. The zero-order valence-corrected chi connectivity index (χ0v) is 16.6. The van der Waals surface area contributed by atoms with Gasteiger partial charge >= 0.3 is 0 Å². The van der Waals surface area contributed by atoms with Crippen LogP contribution in [-0.4, -0.2) is 57.8 Å². The molecular formula is C21H26ClN3O2. The number of morpholine rings is 1. The highest BCUT2D eigenvalue weighted by molar-refractivity contribution is 6.30. The molecule has 1 heterocycles. The summed E-state index contributed by atoms with van der Waals surface area (Å²) < 4.78 is 5.49. The second-order valence-corrected chi connectivity index (χ2v) is 7.30. The molecule has 0 saturated carbocycles. The maximum atomic E-state index is 12.5. The van der Waals surface area contributed by atoms with Crippen molar-refractivity contribution >= 4 is 23.2 Å². The predicted octanol–water partition coefficient (Wildman–Crippen LogP) is 3.21. The minimum atomic E-state index is -0.0881. The first kappa shape index (κ1) is 19.7. The number of ether oxygens (including phenoxy) is 1. The smallest absolute Gasteiger partial charge is 0.251 e. The number of anilines is 1. The fraction of sp³-hybridized carbons (Fsp3) is 0.381. The topological polar surface area (TPSA) is 44.8 Å². The van der Waals surface area contributed by atoms with Crippen LogP contribution in [0.4, 0.5) is 5.69 Å². The molecule has 1 N–H and O–H groups in total. The third-order valence-corrected chi connectivity index (χ3v) is 5.10. The number of amides is 1. The number of halogens is 1. The van der Waals surface area contributed by atoms with Crippen molar-refractivity contribution in [3.8, 4) is 0 Å². The summed E-state index contributed by atoms with van der Waals surface area (Å²) in [5, 5.41) is 3.70. The molecule has 3 rings (SSSR count). The standard InChI is InChI=1S/C21H26ClN3O2/c1-24(2)19-9-5-16(6-10-19)20(25-11-13-27-14-12-25)15-23-21(26)17-3-7-18(22)8-4-17/h3-10,20H,11-15H2,1-2H3,(H,23,26). The van der Waals surface area contributed by atoms with Gasteiger partial charge in [0.1, 0.15) is 0 Å². The number of nitrogens with one attached hydrogen (secondary N) is 1. The van der Waals surface area contributed by atoms with Crippen LogP contribution in [0.15, 0.2) is 48.5 Å². The summed E-state index contributed by atoms with van der Waals surface area (Å²) >= 11 is 5.91. The van der Waals surface area contributed by atoms with E-state index in [1.165, 1.54) is 5.56 Å². The molecule has 1 aliphatic rings. The van der Waals surface area contributed by atoms with Crippen LogP contribution in [0.1, 0.15) is 22.0 Å². The first-order valence-electron chi connectivity index (χ1n) is 9.17. The molecule has 2 aromatic carbocycles. The monoisotopic (exact) mass is 387 g/mol. The third kappa shape index (κ3) is 5.22. The number of hydrogen-bond donors (Lipinski definition) is 1. The van der Waals surface area contributed by atoms with Gasteiger partial charge in [-0.1, -0.05) is 23.7 Å². The number of benzene rings is 2. The van der Waals surface area contributed by atoms with Crippen molar-refractivity contribution in [2.75, 3.05) is 51.8 Å². The summed E-state index contributed by atoms with van der Waals surface area (Å²) in [4.78, 5) is 17.0. The Hall–Kier alpha value is -2.08. The summed E-state index contributed by atoms with van der Waals surface area (Å²) in [6.45, 7) is 3.70. The Morgan fingerprint density at radius 2 is 1.74 bits per heavy atom. The Balaban J connectivity index is 1.73. The lowest BCUT2D eigenvalue weighted by atomic mass is 10.0. The zero-order chi connectivity index (χ0) is 19.2. The SMILES string of the molecule is CN(C)c1ccc(C(CNC(=O)c2ccc(Cl)cc2)N2CCOCC2)cc1. The summed E-state index contributed by atoms with van der Waals surface area (Å²) in [5.74, 6) is -0.0881. The van der Waals surface area contributed by atoms with Crippen molar-refractivity contribution in [1.82, 2.24) is 10.2 Å². The van der Waals surface area contributed by atoms with Gasteiger partial charge in [0, 0.05) is 50.0 Å². The van der Waals surface area contributed by atoms with Gasteiger partial charge in [0.2, 0.25) is 0 Å². The van der Waals surface area contributed by atoms with Crippen LogP contribution in [0.3, 0.4) is 0 Å². The van der Waals surface area contributed by atoms with Crippen molar-refractivity contribution in [2.24, 2.45) is 0 Å². The molecule has 1 amide bonds. The first-order chi connectivity index (χ1) is 13.0. The third-order valence-electron chi connectivity index (χ3n) is 4.84. The van der Waals surface area contributed by atoms with E-state index in [9.17, 15) is 4.79 Å². The second kappa shape index (κ2) is 9.22. The molecule has 2 aromatic rings. The first-order valence-corrected chi connectivity index (χ1v) is 9.55. The molecule has 0 bridgehead atoms. The van der Waals surface area contributed by atoms with Crippen LogP contribution in [-0.2, 0) is 4.74 Å². The van der Waals surface area contributed by atoms with E-state index in [4.69, 9.17) is 16.3 Å². The molecule has 1 fully saturated rings. The van der Waals surface area contributed by atoms with Gasteiger partial charge in [-0.3, -0.25) is 9.69 Å². The lowest BCUT2D eigenvalue weighted by molar-refractivity contribution is 0.0162. The van der Waals surface area contributed by atoms with Crippen LogP contribution in [0.2, 0.25) is 5.02 Å². The predicted molar refractivity (Wildman–Crippen MR) is 110 cm³/mol. The highest BCUT2D eigenvalue weighted by Crippen LogP contribution is 2.24. The largest absolute Gasteiger partial charge is 0.379 e. The molecule has 1 aliphatic heterocycles. The molecule has 0 aliphatic carbocycles. The molecule has 0 spiro atoms. The molecule has 27 heavy (non-hydrogen) atoms. The van der Waals surface area contributed by atoms with E-state index < -0.39 is 0 Å². The van der Waals surface area contributed by atoms with Crippen molar-refractivity contribution < 1.29 is 9.53 Å². The van der Waals surface area contributed by atoms with E-state index >= 15 is 0 Å². The van der Waals surface area contributed by atoms with Crippen LogP contribution in [0, 0.1) is 0 Å². The lowest BCUT2D eigenvalue weighted by Gasteiger charge is -2.35. The molecular weight excluding hydrogens is 362 g/mol. The molecule has 0 aromatic heterocycles. The molecule has 144 valence electrons.